The number of benzene rings is 4. The molecule has 0 aliphatic carbocycles. The third-order valence-corrected chi connectivity index (χ3v) is 14.3. The van der Waals surface area contributed by atoms with E-state index in [9.17, 15) is 65.5 Å². The van der Waals surface area contributed by atoms with Crippen LogP contribution in [0, 0.1) is 0 Å². The van der Waals surface area contributed by atoms with E-state index in [1.807, 2.05) is 0 Å². The Morgan fingerprint density at radius 1 is 0.438 bits per heavy atom. The number of carbonyl (C=O) groups is 4. The van der Waals surface area contributed by atoms with Crippen molar-refractivity contribution in [2.45, 2.75) is 62.5 Å². The number of carbonyl (C=O) groups excluding carboxylic acids is 4. The van der Waals surface area contributed by atoms with Crippen molar-refractivity contribution in [3.63, 3.8) is 0 Å². The molecule has 96 heavy (non-hydrogen) atoms. The summed E-state index contributed by atoms with van der Waals surface area (Å²) in [5, 5.41) is 61.8. The predicted octanol–water partition coefficient (Wildman–Crippen LogP) is 3.82. The third-order valence-electron chi connectivity index (χ3n) is 12.5. The van der Waals surface area contributed by atoms with Crippen LogP contribution in [0.15, 0.2) is 94.7 Å². The molecule has 0 spiro atoms. The lowest BCUT2D eigenvalue weighted by molar-refractivity contribution is 0.0489. The SMILES string of the molecule is CC(C)(C)OC(=O)NCCOCCNC(=O)c1ccc(Nc2nc(Nc3ccc(/C=C/c4ccc(Nc5nc(Nc6ccc(C(=O)NCCOCCNC(=O)OC(C)(C)C)cc6)nc(N(CCO)CCO)n5)cc4S(=O)(=O)O)c(S(=O)(=O)O)c3)nc(N(CCO)CCO)n2)cc1. The van der Waals surface area contributed by atoms with E-state index in [0.717, 1.165) is 12.1 Å². The standard InChI is InChI=1S/C60H80N16O18S2/c1-59(2,3)93-57(83)63-23-35-91-33-21-61-49(81)41-11-15-43(16-12-41)65-51-69-53(73-55(71-51)75(25-29-77)26-30-78)67-45-19-9-39(47(37-45)95(85,86)87)7-8-40-10-20-46(38-48(40)96(88,89)90)68-54-70-52(72-56(74-54)76(27-31-79)28-32-80)66-44-17-13-42(14-18-44)50(82)62-22-34-92-36-24-64-58(84)94-60(4,5)6/h7-20,37-38,77-80H,21-36H2,1-6H3,(H,61,81)(H,62,82)(H,63,83)(H,64,84)(H,85,86,87)(H,88,89,90)(H2,65,67,69,71,73)(H2,66,68,70,72,74)/b8-7+. The molecule has 36 heteroatoms. The fourth-order valence-corrected chi connectivity index (χ4v) is 9.77. The van der Waals surface area contributed by atoms with Gasteiger partial charge in [-0.3, -0.25) is 18.7 Å². The fourth-order valence-electron chi connectivity index (χ4n) is 8.36. The minimum Gasteiger partial charge on any atom is -0.444 e. The van der Waals surface area contributed by atoms with E-state index in [0.29, 0.717) is 22.5 Å². The van der Waals surface area contributed by atoms with Gasteiger partial charge in [-0.15, -0.1) is 0 Å². The van der Waals surface area contributed by atoms with Gasteiger partial charge in [0.1, 0.15) is 21.0 Å². The number of hydrogen-bond acceptors (Lipinski definition) is 28. The molecule has 2 aromatic heterocycles. The second kappa shape index (κ2) is 35.8. The predicted molar refractivity (Wildman–Crippen MR) is 355 cm³/mol. The van der Waals surface area contributed by atoms with Crippen molar-refractivity contribution in [2.75, 3.05) is 136 Å². The Bertz CT molecular complexity index is 3580. The van der Waals surface area contributed by atoms with Gasteiger partial charge in [0.15, 0.2) is 0 Å². The van der Waals surface area contributed by atoms with Crippen LogP contribution in [0.3, 0.4) is 0 Å². The van der Waals surface area contributed by atoms with E-state index >= 15 is 0 Å². The lowest BCUT2D eigenvalue weighted by Gasteiger charge is -2.21. The molecular weight excluding hydrogens is 1300 g/mol. The second-order valence-corrected chi connectivity index (χ2v) is 25.3. The average Bonchev–Trinajstić information content (AvgIpc) is 0.813. The van der Waals surface area contributed by atoms with Gasteiger partial charge in [0.2, 0.25) is 35.7 Å². The van der Waals surface area contributed by atoms with E-state index in [1.165, 1.54) is 70.5 Å². The zero-order valence-corrected chi connectivity index (χ0v) is 55.2. The highest BCUT2D eigenvalue weighted by Gasteiger charge is 2.23. The Balaban J connectivity index is 1.16. The van der Waals surface area contributed by atoms with E-state index in [1.54, 1.807) is 65.8 Å². The number of ether oxygens (including phenoxy) is 4. The molecule has 2 heterocycles. The van der Waals surface area contributed by atoms with Crippen LogP contribution in [0.5, 0.6) is 0 Å². The average molecular weight is 1380 g/mol. The molecule has 0 fully saturated rings. The number of nitrogens with one attached hydrogen (secondary N) is 8. The van der Waals surface area contributed by atoms with Crippen LogP contribution in [-0.2, 0) is 39.2 Å². The van der Waals surface area contributed by atoms with Gasteiger partial charge in [-0.1, -0.05) is 24.3 Å². The monoisotopic (exact) mass is 1380 g/mol. The molecule has 0 saturated heterocycles. The second-order valence-electron chi connectivity index (χ2n) is 22.5. The zero-order chi connectivity index (χ0) is 70.1. The summed E-state index contributed by atoms with van der Waals surface area (Å²) in [6.45, 7) is 10.4. The van der Waals surface area contributed by atoms with Crippen LogP contribution in [0.25, 0.3) is 12.2 Å². The first-order chi connectivity index (χ1) is 45.5. The Hall–Kier alpha value is -9.50. The first-order valence-corrected chi connectivity index (χ1v) is 32.7. The van der Waals surface area contributed by atoms with Gasteiger partial charge in [-0.05, 0) is 125 Å². The van der Waals surface area contributed by atoms with Crippen molar-refractivity contribution in [3.8, 4) is 0 Å². The van der Waals surface area contributed by atoms with Crippen LogP contribution < -0.4 is 52.3 Å². The van der Waals surface area contributed by atoms with Crippen LogP contribution >= 0.6 is 0 Å². The van der Waals surface area contributed by atoms with Gasteiger partial charge in [0, 0.05) is 86.2 Å². The molecule has 6 rings (SSSR count). The summed E-state index contributed by atoms with van der Waals surface area (Å²) in [7, 11) is -10.1. The summed E-state index contributed by atoms with van der Waals surface area (Å²) < 4.78 is 94.3. The van der Waals surface area contributed by atoms with Crippen molar-refractivity contribution < 1.29 is 84.5 Å². The van der Waals surface area contributed by atoms with Crippen LogP contribution in [-0.4, -0.2) is 217 Å². The number of aliphatic hydroxyl groups is 4. The molecule has 4 amide bonds. The summed E-state index contributed by atoms with van der Waals surface area (Å²) in [6, 6.07) is 19.9. The molecule has 0 aliphatic rings. The normalized spacial score (nSPS) is 11.8. The highest BCUT2D eigenvalue weighted by Crippen LogP contribution is 2.30. The van der Waals surface area contributed by atoms with Crippen molar-refractivity contribution >= 4 is 115 Å². The largest absolute Gasteiger partial charge is 0.444 e. The van der Waals surface area contributed by atoms with Crippen molar-refractivity contribution in [1.82, 2.24) is 51.2 Å². The molecule has 0 atom stereocenters. The van der Waals surface area contributed by atoms with Gasteiger partial charge < -0.3 is 91.7 Å². The van der Waals surface area contributed by atoms with Gasteiger partial charge >= 0.3 is 12.2 Å². The Labute approximate surface area is 554 Å². The minimum absolute atomic E-state index is 0.0168. The molecule has 0 radical (unpaired) electrons. The molecule has 0 saturated carbocycles. The molecular formula is C60H80N16O18S2. The number of hydrogen-bond donors (Lipinski definition) is 14. The maximum absolute atomic E-state index is 13.0. The highest BCUT2D eigenvalue weighted by molar-refractivity contribution is 7.86. The molecule has 0 aliphatic heterocycles. The smallest absolute Gasteiger partial charge is 0.407 e. The quantitative estimate of drug-likeness (QED) is 0.0151. The van der Waals surface area contributed by atoms with E-state index in [4.69, 9.17) is 18.9 Å². The van der Waals surface area contributed by atoms with Crippen LogP contribution in [0.4, 0.5) is 68.0 Å². The van der Waals surface area contributed by atoms with Crippen LogP contribution in [0.2, 0.25) is 0 Å². The Morgan fingerprint density at radius 2 is 0.729 bits per heavy atom. The van der Waals surface area contributed by atoms with Crippen molar-refractivity contribution in [2.24, 2.45) is 0 Å². The molecule has 0 bridgehead atoms. The summed E-state index contributed by atoms with van der Waals surface area (Å²) in [6.07, 6.45) is 1.20. The van der Waals surface area contributed by atoms with Crippen LogP contribution in [0.1, 0.15) is 73.4 Å². The number of aliphatic hydroxyl groups excluding tert-OH is 4. The first kappa shape index (κ1) is 75.5. The van der Waals surface area contributed by atoms with E-state index < -0.39 is 65.2 Å². The molecule has 520 valence electrons. The molecule has 4 aromatic carbocycles. The summed E-state index contributed by atoms with van der Waals surface area (Å²) in [5.74, 6) is -1.35. The van der Waals surface area contributed by atoms with Gasteiger partial charge in [-0.2, -0.15) is 46.7 Å². The Morgan fingerprint density at radius 3 is 1.02 bits per heavy atom. The molecule has 14 N–H and O–H groups in total. The zero-order valence-electron chi connectivity index (χ0n) is 53.5. The number of aromatic nitrogens is 6. The van der Waals surface area contributed by atoms with Gasteiger partial charge in [0.05, 0.1) is 52.9 Å². The summed E-state index contributed by atoms with van der Waals surface area (Å²) >= 11 is 0. The number of rotatable bonds is 36. The molecule has 0 unspecified atom stereocenters. The Kier molecular flexibility index (Phi) is 28.2. The van der Waals surface area contributed by atoms with Crippen molar-refractivity contribution in [1.29, 1.82) is 0 Å². The van der Waals surface area contributed by atoms with Crippen molar-refractivity contribution in [3.05, 3.63) is 107 Å². The number of anilines is 10. The van der Waals surface area contributed by atoms with Gasteiger partial charge in [0.25, 0.3) is 32.1 Å². The number of amides is 4. The van der Waals surface area contributed by atoms with E-state index in [2.05, 4.69) is 72.4 Å². The highest BCUT2D eigenvalue weighted by atomic mass is 32.2. The fraction of sp³-hybridized carbons (Fsp3) is 0.400. The maximum Gasteiger partial charge on any atom is 0.407 e. The number of alkyl carbamates (subject to hydrolysis) is 2. The molecule has 6 aromatic rings. The summed E-state index contributed by atoms with van der Waals surface area (Å²) in [4.78, 5) is 77.6. The molecule has 34 nitrogen and oxygen atoms in total. The van der Waals surface area contributed by atoms with E-state index in [-0.39, 0.29) is 163 Å². The minimum atomic E-state index is -5.04. The maximum atomic E-state index is 13.0. The van der Waals surface area contributed by atoms with Gasteiger partial charge in [-0.25, -0.2) is 9.59 Å². The number of nitrogens with zero attached hydrogens (tertiary/aromatic N) is 8. The topological polar surface area (TPSA) is 475 Å². The lowest BCUT2D eigenvalue weighted by Crippen LogP contribution is -2.34. The summed E-state index contributed by atoms with van der Waals surface area (Å²) in [5.41, 5.74) is -0.107. The first-order valence-electron chi connectivity index (χ1n) is 29.8. The third kappa shape index (κ3) is 25.7. The lowest BCUT2D eigenvalue weighted by atomic mass is 10.1.